The van der Waals surface area contributed by atoms with E-state index in [1.165, 1.54) is 10.6 Å². The van der Waals surface area contributed by atoms with Crippen LogP contribution in [0.4, 0.5) is 39.5 Å². The first kappa shape index (κ1) is 30.2. The number of fused-ring (bicyclic) bond motifs is 1. The Bertz CT molecular complexity index is 1750. The Morgan fingerprint density at radius 2 is 1.72 bits per heavy atom. The van der Waals surface area contributed by atoms with Crippen LogP contribution >= 0.6 is 0 Å². The summed E-state index contributed by atoms with van der Waals surface area (Å²) in [6.45, 7) is 4.01. The zero-order valence-electron chi connectivity index (χ0n) is 22.9. The number of carbonyl (C=O) groups is 1. The van der Waals surface area contributed by atoms with Gasteiger partial charge in [0.15, 0.2) is 5.82 Å². The van der Waals surface area contributed by atoms with Crippen LogP contribution in [-0.4, -0.2) is 70.2 Å². The third kappa shape index (κ3) is 6.55. The number of alkyl halides is 3. The quantitative estimate of drug-likeness (QED) is 0.263. The number of nitrogens with one attached hydrogen (secondary N) is 2. The zero-order chi connectivity index (χ0) is 30.9. The fraction of sp³-hybridized carbons (Fsp3) is 0.296. The molecule has 4 N–H and O–H groups in total. The first-order chi connectivity index (χ1) is 20.4. The van der Waals surface area contributed by atoms with E-state index in [0.29, 0.717) is 62.1 Å². The van der Waals surface area contributed by atoms with Crippen LogP contribution in [0.3, 0.4) is 0 Å². The van der Waals surface area contributed by atoms with Crippen molar-refractivity contribution >= 4 is 38.8 Å². The number of aromatic nitrogens is 3. The van der Waals surface area contributed by atoms with Gasteiger partial charge in [-0.1, -0.05) is 12.1 Å². The Hall–Kier alpha value is -4.28. The highest BCUT2D eigenvalue weighted by atomic mass is 32.2. The van der Waals surface area contributed by atoms with E-state index in [1.54, 1.807) is 35.7 Å². The van der Waals surface area contributed by atoms with E-state index in [0.717, 1.165) is 16.8 Å². The molecule has 5 rings (SSSR count). The van der Waals surface area contributed by atoms with Gasteiger partial charge in [0.2, 0.25) is 10.0 Å². The molecule has 0 radical (unpaired) electrons. The van der Waals surface area contributed by atoms with Gasteiger partial charge in [-0.3, -0.25) is 4.90 Å². The van der Waals surface area contributed by atoms with Gasteiger partial charge in [0.05, 0.1) is 22.7 Å². The second-order valence-electron chi connectivity index (χ2n) is 9.88. The molecule has 1 fully saturated rings. The molecule has 0 saturated carbocycles. The summed E-state index contributed by atoms with van der Waals surface area (Å²) in [5.74, 6) is -0.703. The first-order valence-corrected chi connectivity index (χ1v) is 14.8. The summed E-state index contributed by atoms with van der Waals surface area (Å²) >= 11 is 0. The van der Waals surface area contributed by atoms with Crippen molar-refractivity contribution in [3.63, 3.8) is 0 Å². The standard InChI is InChI=1S/C27H28F4N8O3S/c1-2-43(41,42)38-11-9-37(10-12-38)15-20-14-21(24-25(32)33-16-34-39(20)24)17-3-6-19(7-4-17)35-26(40)36-23-13-18(27(29,30)31)5-8-22(23)28/h3-8,13-14,16H,2,9-12,15H2,1H3,(H2,32,33,34)(H2,35,36,40). The van der Waals surface area contributed by atoms with E-state index < -0.39 is 39.3 Å². The number of hydrogen-bond acceptors (Lipinski definition) is 7. The van der Waals surface area contributed by atoms with Gasteiger partial charge in [0.1, 0.15) is 17.7 Å². The number of sulfonamides is 1. The molecule has 0 atom stereocenters. The second-order valence-corrected chi connectivity index (χ2v) is 12.1. The summed E-state index contributed by atoms with van der Waals surface area (Å²) in [7, 11) is -3.25. The van der Waals surface area contributed by atoms with Gasteiger partial charge in [0, 0.05) is 44.0 Å². The van der Waals surface area contributed by atoms with Crippen molar-refractivity contribution in [3.8, 4) is 11.1 Å². The Balaban J connectivity index is 1.31. The Kier molecular flexibility index (Phi) is 8.27. The Morgan fingerprint density at radius 1 is 1.02 bits per heavy atom. The third-order valence-electron chi connectivity index (χ3n) is 7.13. The molecule has 1 aliphatic heterocycles. The van der Waals surface area contributed by atoms with Gasteiger partial charge >= 0.3 is 12.2 Å². The lowest BCUT2D eigenvalue weighted by Gasteiger charge is -2.33. The molecular formula is C27H28F4N8O3S. The molecule has 0 aliphatic carbocycles. The Labute approximate surface area is 244 Å². The van der Waals surface area contributed by atoms with E-state index in [9.17, 15) is 30.8 Å². The molecule has 228 valence electrons. The van der Waals surface area contributed by atoms with E-state index in [2.05, 4.69) is 25.6 Å². The maximum Gasteiger partial charge on any atom is 0.416 e. The summed E-state index contributed by atoms with van der Waals surface area (Å²) < 4.78 is 80.6. The first-order valence-electron chi connectivity index (χ1n) is 13.2. The summed E-state index contributed by atoms with van der Waals surface area (Å²) in [4.78, 5) is 18.7. The number of nitrogen functional groups attached to an aromatic ring is 1. The molecule has 11 nitrogen and oxygen atoms in total. The predicted octanol–water partition coefficient (Wildman–Crippen LogP) is 4.25. The normalized spacial score (nSPS) is 15.1. The van der Waals surface area contributed by atoms with Crippen LogP contribution in [0, 0.1) is 5.82 Å². The minimum atomic E-state index is -4.69. The summed E-state index contributed by atoms with van der Waals surface area (Å²) in [5.41, 5.74) is 7.65. The van der Waals surface area contributed by atoms with Gasteiger partial charge in [-0.2, -0.15) is 22.6 Å². The van der Waals surface area contributed by atoms with Crippen LogP contribution in [0.25, 0.3) is 16.6 Å². The highest BCUT2D eigenvalue weighted by Crippen LogP contribution is 2.33. The number of urea groups is 1. The number of amides is 2. The van der Waals surface area contributed by atoms with Crippen LogP contribution in [0.1, 0.15) is 18.2 Å². The number of nitrogens with zero attached hydrogens (tertiary/aromatic N) is 5. The van der Waals surface area contributed by atoms with Gasteiger partial charge < -0.3 is 16.4 Å². The summed E-state index contributed by atoms with van der Waals surface area (Å²) in [6.07, 6.45) is -3.35. The number of nitrogens with two attached hydrogens (primary N) is 1. The molecule has 0 unspecified atom stereocenters. The van der Waals surface area contributed by atoms with Crippen LogP contribution < -0.4 is 16.4 Å². The maximum absolute atomic E-state index is 14.0. The van der Waals surface area contributed by atoms with Gasteiger partial charge in [0.25, 0.3) is 0 Å². The molecular weight excluding hydrogens is 592 g/mol. The SMILES string of the molecule is CCS(=O)(=O)N1CCN(Cc2cc(-c3ccc(NC(=O)Nc4cc(C(F)(F)F)ccc4F)cc3)c3c(N)ncnn23)CC1. The van der Waals surface area contributed by atoms with Crippen molar-refractivity contribution in [1.29, 1.82) is 0 Å². The van der Waals surface area contributed by atoms with E-state index in [1.807, 2.05) is 6.07 Å². The number of anilines is 3. The number of benzene rings is 2. The van der Waals surface area contributed by atoms with Gasteiger partial charge in [-0.15, -0.1) is 0 Å². The Morgan fingerprint density at radius 3 is 2.37 bits per heavy atom. The average Bonchev–Trinajstić information content (AvgIpc) is 3.33. The molecule has 1 saturated heterocycles. The van der Waals surface area contributed by atoms with Gasteiger partial charge in [-0.05, 0) is 48.9 Å². The zero-order valence-corrected chi connectivity index (χ0v) is 23.7. The number of hydrogen-bond donors (Lipinski definition) is 3. The molecule has 0 bridgehead atoms. The average molecular weight is 621 g/mol. The molecule has 2 aromatic heterocycles. The van der Waals surface area contributed by atoms with Crippen molar-refractivity contribution in [3.05, 3.63) is 71.9 Å². The summed E-state index contributed by atoms with van der Waals surface area (Å²) in [5, 5.41) is 8.95. The van der Waals surface area contributed by atoms with Crippen LogP contribution in [0.15, 0.2) is 54.9 Å². The van der Waals surface area contributed by atoms with Crippen LogP contribution in [0.5, 0.6) is 0 Å². The maximum atomic E-state index is 14.0. The molecule has 1 aliphatic rings. The molecule has 4 aromatic rings. The minimum absolute atomic E-state index is 0.0588. The number of rotatable bonds is 7. The van der Waals surface area contributed by atoms with Crippen molar-refractivity contribution in [1.82, 2.24) is 23.8 Å². The fourth-order valence-corrected chi connectivity index (χ4v) is 5.94. The monoisotopic (exact) mass is 620 g/mol. The lowest BCUT2D eigenvalue weighted by molar-refractivity contribution is -0.137. The number of halogens is 4. The van der Waals surface area contributed by atoms with Gasteiger partial charge in [-0.25, -0.2) is 27.1 Å². The van der Waals surface area contributed by atoms with Crippen molar-refractivity contribution in [2.24, 2.45) is 0 Å². The predicted molar refractivity (Wildman–Crippen MR) is 153 cm³/mol. The lowest BCUT2D eigenvalue weighted by Crippen LogP contribution is -2.48. The van der Waals surface area contributed by atoms with Crippen LogP contribution in [0.2, 0.25) is 0 Å². The topological polar surface area (TPSA) is 138 Å². The molecule has 2 amide bonds. The fourth-order valence-electron chi connectivity index (χ4n) is 4.86. The smallest absolute Gasteiger partial charge is 0.382 e. The molecule has 2 aromatic carbocycles. The molecule has 43 heavy (non-hydrogen) atoms. The lowest BCUT2D eigenvalue weighted by atomic mass is 10.1. The van der Waals surface area contributed by atoms with Crippen molar-refractivity contribution in [2.45, 2.75) is 19.6 Å². The van der Waals surface area contributed by atoms with E-state index in [-0.39, 0.29) is 11.6 Å². The molecule has 3 heterocycles. The third-order valence-corrected chi connectivity index (χ3v) is 9.01. The highest BCUT2D eigenvalue weighted by Gasteiger charge is 2.31. The number of piperazine rings is 1. The molecule has 0 spiro atoms. The largest absolute Gasteiger partial charge is 0.416 e. The highest BCUT2D eigenvalue weighted by molar-refractivity contribution is 7.89. The van der Waals surface area contributed by atoms with E-state index in [4.69, 9.17) is 5.73 Å². The van der Waals surface area contributed by atoms with Crippen LogP contribution in [-0.2, 0) is 22.7 Å². The second kappa shape index (κ2) is 11.8. The van der Waals surface area contributed by atoms with Crippen molar-refractivity contribution < 1.29 is 30.8 Å². The molecule has 16 heteroatoms. The van der Waals surface area contributed by atoms with E-state index >= 15 is 0 Å². The number of carbonyl (C=O) groups excluding carboxylic acids is 1. The minimum Gasteiger partial charge on any atom is -0.382 e. The van der Waals surface area contributed by atoms with Crippen molar-refractivity contribution in [2.75, 3.05) is 48.3 Å². The summed E-state index contributed by atoms with van der Waals surface area (Å²) in [6, 6.07) is 9.31.